The van der Waals surface area contributed by atoms with Gasteiger partial charge in [-0.2, -0.15) is 0 Å². The Balaban J connectivity index is 2.41. The van der Waals surface area contributed by atoms with E-state index in [1.807, 2.05) is 0 Å². The number of ether oxygens (including phenoxy) is 1. The number of para-hydroxylation sites is 1. The van der Waals surface area contributed by atoms with E-state index in [1.165, 1.54) is 6.20 Å². The number of nitro groups is 1. The van der Waals surface area contributed by atoms with Crippen LogP contribution in [0.2, 0.25) is 5.02 Å². The lowest BCUT2D eigenvalue weighted by molar-refractivity contribution is -0.386. The molecule has 1 aromatic heterocycles. The Bertz CT molecular complexity index is 618. The maximum absolute atomic E-state index is 10.9. The predicted molar refractivity (Wildman–Crippen MR) is 68.3 cm³/mol. The van der Waals surface area contributed by atoms with Crippen molar-refractivity contribution in [3.8, 4) is 11.6 Å². The minimum atomic E-state index is -0.629. The molecule has 0 spiro atoms. The fourth-order valence-corrected chi connectivity index (χ4v) is 1.62. The Morgan fingerprint density at radius 1 is 1.42 bits per heavy atom. The van der Waals surface area contributed by atoms with Gasteiger partial charge < -0.3 is 9.84 Å². The van der Waals surface area contributed by atoms with Gasteiger partial charge >= 0.3 is 5.69 Å². The van der Waals surface area contributed by atoms with E-state index in [4.69, 9.17) is 21.4 Å². The Morgan fingerprint density at radius 3 is 2.84 bits per heavy atom. The molecule has 0 aliphatic carbocycles. The van der Waals surface area contributed by atoms with Crippen LogP contribution in [0.15, 0.2) is 36.5 Å². The molecule has 1 aromatic carbocycles. The number of rotatable bonds is 4. The molecule has 6 nitrogen and oxygen atoms in total. The maximum atomic E-state index is 10.9. The number of aliphatic hydroxyl groups excluding tert-OH is 1. The van der Waals surface area contributed by atoms with E-state index < -0.39 is 4.92 Å². The molecule has 7 heteroatoms. The smallest absolute Gasteiger partial charge is 0.332 e. The standard InChI is InChI=1S/C12H9ClN2O4/c13-9-5-10(15(17)18)12(14-6-9)19-11-4-2-1-3-8(11)7-16/h1-6,16H,7H2. The van der Waals surface area contributed by atoms with E-state index in [1.54, 1.807) is 24.3 Å². The second kappa shape index (κ2) is 5.64. The van der Waals surface area contributed by atoms with Crippen molar-refractivity contribution in [3.05, 3.63) is 57.2 Å². The Kier molecular flexibility index (Phi) is 3.94. The molecule has 0 aliphatic rings. The summed E-state index contributed by atoms with van der Waals surface area (Å²) in [6.07, 6.45) is 1.26. The van der Waals surface area contributed by atoms with Crippen molar-refractivity contribution in [2.75, 3.05) is 0 Å². The molecule has 0 amide bonds. The summed E-state index contributed by atoms with van der Waals surface area (Å²) in [6, 6.07) is 7.81. The number of nitrogens with zero attached hydrogens (tertiary/aromatic N) is 2. The highest BCUT2D eigenvalue weighted by Gasteiger charge is 2.19. The zero-order valence-corrected chi connectivity index (χ0v) is 10.4. The molecular weight excluding hydrogens is 272 g/mol. The number of hydrogen-bond acceptors (Lipinski definition) is 5. The lowest BCUT2D eigenvalue weighted by atomic mass is 10.2. The van der Waals surface area contributed by atoms with Gasteiger partial charge in [-0.25, -0.2) is 4.98 Å². The maximum Gasteiger partial charge on any atom is 0.332 e. The largest absolute Gasteiger partial charge is 0.433 e. The molecule has 0 atom stereocenters. The highest BCUT2D eigenvalue weighted by Crippen LogP contribution is 2.32. The van der Waals surface area contributed by atoms with Crippen molar-refractivity contribution in [1.29, 1.82) is 0 Å². The molecule has 0 saturated heterocycles. The van der Waals surface area contributed by atoms with Crippen molar-refractivity contribution >= 4 is 17.3 Å². The summed E-state index contributed by atoms with van der Waals surface area (Å²) < 4.78 is 5.38. The van der Waals surface area contributed by atoms with Crippen LogP contribution in [-0.2, 0) is 6.61 Å². The van der Waals surface area contributed by atoms with Gasteiger partial charge in [-0.05, 0) is 6.07 Å². The molecule has 19 heavy (non-hydrogen) atoms. The van der Waals surface area contributed by atoms with E-state index in [-0.39, 0.29) is 23.2 Å². The summed E-state index contributed by atoms with van der Waals surface area (Å²) in [7, 11) is 0. The van der Waals surface area contributed by atoms with Crippen LogP contribution in [0.4, 0.5) is 5.69 Å². The van der Waals surface area contributed by atoms with E-state index in [2.05, 4.69) is 4.98 Å². The Labute approximate surface area is 113 Å². The number of aromatic nitrogens is 1. The van der Waals surface area contributed by atoms with Crippen LogP contribution in [0, 0.1) is 10.1 Å². The molecule has 2 rings (SSSR count). The molecule has 0 fully saturated rings. The van der Waals surface area contributed by atoms with Crippen LogP contribution in [0.5, 0.6) is 11.6 Å². The van der Waals surface area contributed by atoms with Gasteiger partial charge in [0.2, 0.25) is 0 Å². The SMILES string of the molecule is O=[N+]([O-])c1cc(Cl)cnc1Oc1ccccc1CO. The van der Waals surface area contributed by atoms with Gasteiger partial charge in [0, 0.05) is 11.6 Å². The summed E-state index contributed by atoms with van der Waals surface area (Å²) in [6.45, 7) is -0.239. The zero-order chi connectivity index (χ0) is 13.8. The minimum Gasteiger partial charge on any atom is -0.433 e. The first kappa shape index (κ1) is 13.3. The number of hydrogen-bond donors (Lipinski definition) is 1. The molecule has 0 unspecified atom stereocenters. The van der Waals surface area contributed by atoms with Gasteiger partial charge in [-0.3, -0.25) is 10.1 Å². The number of pyridine rings is 1. The quantitative estimate of drug-likeness (QED) is 0.687. The second-order valence-electron chi connectivity index (χ2n) is 3.60. The molecule has 0 radical (unpaired) electrons. The third kappa shape index (κ3) is 2.98. The van der Waals surface area contributed by atoms with Crippen LogP contribution in [-0.4, -0.2) is 15.0 Å². The predicted octanol–water partition coefficient (Wildman–Crippen LogP) is 2.93. The van der Waals surface area contributed by atoms with Crippen molar-refractivity contribution in [3.63, 3.8) is 0 Å². The van der Waals surface area contributed by atoms with Gasteiger partial charge in [0.1, 0.15) is 5.75 Å². The van der Waals surface area contributed by atoms with Gasteiger partial charge in [-0.15, -0.1) is 0 Å². The highest BCUT2D eigenvalue weighted by atomic mass is 35.5. The summed E-state index contributed by atoms with van der Waals surface area (Å²) in [4.78, 5) is 14.1. The van der Waals surface area contributed by atoms with E-state index in [0.717, 1.165) is 6.07 Å². The average Bonchev–Trinajstić information content (AvgIpc) is 2.41. The molecule has 0 aliphatic heterocycles. The summed E-state index contributed by atoms with van der Waals surface area (Å²) in [5, 5.41) is 20.2. The Morgan fingerprint density at radius 2 is 2.16 bits per heavy atom. The highest BCUT2D eigenvalue weighted by molar-refractivity contribution is 6.30. The summed E-state index contributed by atoms with van der Waals surface area (Å²) >= 11 is 5.66. The van der Waals surface area contributed by atoms with Gasteiger partial charge in [0.25, 0.3) is 5.88 Å². The van der Waals surface area contributed by atoms with E-state index in [9.17, 15) is 10.1 Å². The second-order valence-corrected chi connectivity index (χ2v) is 4.04. The topological polar surface area (TPSA) is 85.5 Å². The molecule has 2 aromatic rings. The first-order valence-corrected chi connectivity index (χ1v) is 5.66. The van der Waals surface area contributed by atoms with Crippen LogP contribution in [0.1, 0.15) is 5.56 Å². The summed E-state index contributed by atoms with van der Waals surface area (Å²) in [5.74, 6) is 0.137. The molecule has 1 N–H and O–H groups in total. The number of halogens is 1. The first-order valence-electron chi connectivity index (χ1n) is 5.28. The van der Waals surface area contributed by atoms with Crippen molar-refractivity contribution < 1.29 is 14.8 Å². The minimum absolute atomic E-state index is 0.148. The third-order valence-corrected chi connectivity index (χ3v) is 2.55. The lowest BCUT2D eigenvalue weighted by Crippen LogP contribution is -1.98. The normalized spacial score (nSPS) is 10.2. The zero-order valence-electron chi connectivity index (χ0n) is 9.62. The molecular formula is C12H9ClN2O4. The van der Waals surface area contributed by atoms with Crippen LogP contribution < -0.4 is 4.74 Å². The first-order chi connectivity index (χ1) is 9.11. The van der Waals surface area contributed by atoms with E-state index in [0.29, 0.717) is 11.3 Å². The number of aliphatic hydroxyl groups is 1. The third-order valence-electron chi connectivity index (χ3n) is 2.35. The lowest BCUT2D eigenvalue weighted by Gasteiger charge is -2.08. The van der Waals surface area contributed by atoms with Gasteiger partial charge in [0.05, 0.1) is 22.7 Å². The fourth-order valence-electron chi connectivity index (χ4n) is 1.46. The molecule has 0 saturated carbocycles. The van der Waals surface area contributed by atoms with Crippen LogP contribution in [0.25, 0.3) is 0 Å². The molecule has 98 valence electrons. The Hall–Kier alpha value is -2.18. The number of benzene rings is 1. The monoisotopic (exact) mass is 280 g/mol. The van der Waals surface area contributed by atoms with Crippen molar-refractivity contribution in [2.24, 2.45) is 0 Å². The van der Waals surface area contributed by atoms with E-state index >= 15 is 0 Å². The van der Waals surface area contributed by atoms with Gasteiger partial charge in [0.15, 0.2) is 0 Å². The molecule has 0 bridgehead atoms. The van der Waals surface area contributed by atoms with Crippen LogP contribution >= 0.6 is 11.6 Å². The summed E-state index contributed by atoms with van der Waals surface area (Å²) in [5.41, 5.74) is 0.175. The fraction of sp³-hybridized carbons (Fsp3) is 0.0833. The van der Waals surface area contributed by atoms with Crippen molar-refractivity contribution in [2.45, 2.75) is 6.61 Å². The average molecular weight is 281 g/mol. The molecule has 1 heterocycles. The van der Waals surface area contributed by atoms with Crippen LogP contribution in [0.3, 0.4) is 0 Å². The van der Waals surface area contributed by atoms with Crippen molar-refractivity contribution in [1.82, 2.24) is 4.98 Å². The van der Waals surface area contributed by atoms with Gasteiger partial charge in [-0.1, -0.05) is 29.8 Å².